The van der Waals surface area contributed by atoms with E-state index >= 15 is 0 Å². The molecule has 5 nitrogen and oxygen atoms in total. The van der Waals surface area contributed by atoms with E-state index in [0.29, 0.717) is 19.3 Å². The Kier molecular flexibility index (Phi) is 6.60. The summed E-state index contributed by atoms with van der Waals surface area (Å²) in [6, 6.07) is 5.00. The normalized spacial score (nSPS) is 16.0. The molecule has 0 atom stereocenters. The molecule has 0 radical (unpaired) electrons. The molecule has 0 heterocycles. The summed E-state index contributed by atoms with van der Waals surface area (Å²) in [7, 11) is 0. The number of nitrogens with one attached hydrogen (secondary N) is 1. The molecule has 2 rings (SSSR count). The molecule has 1 aliphatic rings. The minimum absolute atomic E-state index is 0.111. The molecular formula is C15H21BrN2O3. The highest BCUT2D eigenvalue weighted by Gasteiger charge is 2.13. The van der Waals surface area contributed by atoms with Gasteiger partial charge in [0, 0.05) is 29.7 Å². The van der Waals surface area contributed by atoms with Gasteiger partial charge in [-0.05, 0) is 24.5 Å². The maximum absolute atomic E-state index is 10.8. The van der Waals surface area contributed by atoms with Crippen LogP contribution in [0.2, 0.25) is 0 Å². The first kappa shape index (κ1) is 16.4. The minimum Gasteiger partial charge on any atom is -0.377 e. The number of hydrogen-bond donors (Lipinski definition) is 1. The van der Waals surface area contributed by atoms with Gasteiger partial charge in [-0.25, -0.2) is 0 Å². The molecule has 0 aliphatic heterocycles. The molecule has 1 fully saturated rings. The third kappa shape index (κ3) is 5.73. The summed E-state index contributed by atoms with van der Waals surface area (Å²) >= 11 is 3.30. The monoisotopic (exact) mass is 356 g/mol. The second-order valence-corrected chi connectivity index (χ2v) is 6.30. The average Bonchev–Trinajstić information content (AvgIpc) is 2.47. The van der Waals surface area contributed by atoms with Crippen molar-refractivity contribution in [2.75, 3.05) is 13.2 Å². The van der Waals surface area contributed by atoms with Crippen molar-refractivity contribution in [3.05, 3.63) is 38.3 Å². The maximum atomic E-state index is 10.8. The summed E-state index contributed by atoms with van der Waals surface area (Å²) in [4.78, 5) is 10.4. The van der Waals surface area contributed by atoms with Gasteiger partial charge in [0.15, 0.2) is 0 Å². The van der Waals surface area contributed by atoms with E-state index in [1.165, 1.54) is 38.2 Å². The SMILES string of the molecule is O=[N+]([O-])c1cc(Br)cc(CNCCOC2CCCCC2)c1. The molecule has 1 aromatic carbocycles. The number of ether oxygens (including phenoxy) is 1. The Morgan fingerprint density at radius 1 is 1.29 bits per heavy atom. The highest BCUT2D eigenvalue weighted by Crippen LogP contribution is 2.21. The van der Waals surface area contributed by atoms with Crippen LogP contribution in [0, 0.1) is 10.1 Å². The summed E-state index contributed by atoms with van der Waals surface area (Å²) in [6.07, 6.45) is 6.67. The van der Waals surface area contributed by atoms with Crippen molar-refractivity contribution in [1.82, 2.24) is 5.32 Å². The summed E-state index contributed by atoms with van der Waals surface area (Å²) in [5.74, 6) is 0. The molecule has 21 heavy (non-hydrogen) atoms. The Hall–Kier alpha value is -0.980. The molecule has 0 amide bonds. The zero-order valence-electron chi connectivity index (χ0n) is 12.0. The second kappa shape index (κ2) is 8.46. The second-order valence-electron chi connectivity index (χ2n) is 5.38. The van der Waals surface area contributed by atoms with Crippen LogP contribution in [0.25, 0.3) is 0 Å². The van der Waals surface area contributed by atoms with Gasteiger partial charge in [0.1, 0.15) is 0 Å². The van der Waals surface area contributed by atoms with E-state index in [-0.39, 0.29) is 10.6 Å². The van der Waals surface area contributed by atoms with Gasteiger partial charge in [-0.15, -0.1) is 0 Å². The first-order chi connectivity index (χ1) is 10.1. The van der Waals surface area contributed by atoms with Crippen molar-refractivity contribution in [2.45, 2.75) is 44.8 Å². The zero-order valence-corrected chi connectivity index (χ0v) is 13.6. The topological polar surface area (TPSA) is 64.4 Å². The van der Waals surface area contributed by atoms with Crippen LogP contribution in [0.1, 0.15) is 37.7 Å². The molecule has 0 aromatic heterocycles. The summed E-state index contributed by atoms with van der Waals surface area (Å²) in [5.41, 5.74) is 1.01. The van der Waals surface area contributed by atoms with Crippen LogP contribution in [0.4, 0.5) is 5.69 Å². The number of nitrogens with zero attached hydrogens (tertiary/aromatic N) is 1. The lowest BCUT2D eigenvalue weighted by Crippen LogP contribution is -2.24. The lowest BCUT2D eigenvalue weighted by Gasteiger charge is -2.22. The molecular weight excluding hydrogens is 336 g/mol. The predicted octanol–water partition coefficient (Wildman–Crippen LogP) is 3.80. The van der Waals surface area contributed by atoms with Gasteiger partial charge >= 0.3 is 0 Å². The fourth-order valence-corrected chi connectivity index (χ4v) is 3.13. The minimum atomic E-state index is -0.375. The molecule has 6 heteroatoms. The Bertz CT molecular complexity index is 476. The van der Waals surface area contributed by atoms with Crippen LogP contribution in [0.15, 0.2) is 22.7 Å². The van der Waals surface area contributed by atoms with Crippen LogP contribution >= 0.6 is 15.9 Å². The number of nitro groups is 1. The number of nitro benzene ring substituents is 1. The number of hydrogen-bond acceptors (Lipinski definition) is 4. The molecule has 0 spiro atoms. The van der Waals surface area contributed by atoms with E-state index in [9.17, 15) is 10.1 Å². The number of halogens is 1. The van der Waals surface area contributed by atoms with Crippen molar-refractivity contribution in [2.24, 2.45) is 0 Å². The lowest BCUT2D eigenvalue weighted by atomic mass is 9.98. The molecule has 1 aromatic rings. The van der Waals surface area contributed by atoms with Crippen molar-refractivity contribution < 1.29 is 9.66 Å². The van der Waals surface area contributed by atoms with Gasteiger partial charge in [-0.1, -0.05) is 35.2 Å². The lowest BCUT2D eigenvalue weighted by molar-refractivity contribution is -0.385. The van der Waals surface area contributed by atoms with Crippen LogP contribution < -0.4 is 5.32 Å². The summed E-state index contributed by atoms with van der Waals surface area (Å²) in [6.45, 7) is 2.06. The fraction of sp³-hybridized carbons (Fsp3) is 0.600. The molecule has 1 saturated carbocycles. The summed E-state index contributed by atoms with van der Waals surface area (Å²) in [5, 5.41) is 14.1. The number of benzene rings is 1. The quantitative estimate of drug-likeness (QED) is 0.458. The summed E-state index contributed by atoms with van der Waals surface area (Å²) < 4.78 is 6.56. The van der Waals surface area contributed by atoms with Gasteiger partial charge in [-0.3, -0.25) is 10.1 Å². The highest BCUT2D eigenvalue weighted by molar-refractivity contribution is 9.10. The Morgan fingerprint density at radius 3 is 2.76 bits per heavy atom. The van der Waals surface area contributed by atoms with Gasteiger partial charge in [0.25, 0.3) is 5.69 Å². The highest BCUT2D eigenvalue weighted by atomic mass is 79.9. The van der Waals surface area contributed by atoms with Crippen LogP contribution in [-0.2, 0) is 11.3 Å². The van der Waals surface area contributed by atoms with Gasteiger partial charge in [0.05, 0.1) is 17.6 Å². The van der Waals surface area contributed by atoms with E-state index in [1.807, 2.05) is 6.07 Å². The molecule has 0 saturated heterocycles. The number of non-ortho nitro benzene ring substituents is 1. The molecule has 116 valence electrons. The molecule has 1 N–H and O–H groups in total. The fourth-order valence-electron chi connectivity index (χ4n) is 2.60. The standard InChI is InChI=1S/C15H21BrN2O3/c16-13-8-12(9-14(10-13)18(19)20)11-17-6-7-21-15-4-2-1-3-5-15/h8-10,15,17H,1-7,11H2. The Labute approximate surface area is 133 Å². The Balaban J connectivity index is 1.69. The van der Waals surface area contributed by atoms with Crippen LogP contribution in [0.5, 0.6) is 0 Å². The van der Waals surface area contributed by atoms with Crippen molar-refractivity contribution in [3.63, 3.8) is 0 Å². The van der Waals surface area contributed by atoms with E-state index in [0.717, 1.165) is 16.6 Å². The molecule has 1 aliphatic carbocycles. The van der Waals surface area contributed by atoms with Gasteiger partial charge in [-0.2, -0.15) is 0 Å². The van der Waals surface area contributed by atoms with E-state index in [4.69, 9.17) is 4.74 Å². The van der Waals surface area contributed by atoms with Crippen LogP contribution in [-0.4, -0.2) is 24.2 Å². The third-order valence-corrected chi connectivity index (χ3v) is 4.12. The molecule has 0 bridgehead atoms. The van der Waals surface area contributed by atoms with Gasteiger partial charge < -0.3 is 10.1 Å². The zero-order chi connectivity index (χ0) is 15.1. The van der Waals surface area contributed by atoms with E-state index in [2.05, 4.69) is 21.2 Å². The Morgan fingerprint density at radius 2 is 2.05 bits per heavy atom. The van der Waals surface area contributed by atoms with E-state index in [1.54, 1.807) is 6.07 Å². The average molecular weight is 357 g/mol. The van der Waals surface area contributed by atoms with Gasteiger partial charge in [0.2, 0.25) is 0 Å². The van der Waals surface area contributed by atoms with Crippen molar-refractivity contribution >= 4 is 21.6 Å². The largest absolute Gasteiger partial charge is 0.377 e. The number of rotatable bonds is 7. The maximum Gasteiger partial charge on any atom is 0.270 e. The van der Waals surface area contributed by atoms with Crippen LogP contribution in [0.3, 0.4) is 0 Å². The van der Waals surface area contributed by atoms with E-state index < -0.39 is 0 Å². The molecule has 0 unspecified atom stereocenters. The van der Waals surface area contributed by atoms with Crippen molar-refractivity contribution in [3.8, 4) is 0 Å². The first-order valence-corrected chi connectivity index (χ1v) is 8.20. The smallest absolute Gasteiger partial charge is 0.270 e. The first-order valence-electron chi connectivity index (χ1n) is 7.41. The van der Waals surface area contributed by atoms with Crippen molar-refractivity contribution in [1.29, 1.82) is 0 Å². The third-order valence-electron chi connectivity index (χ3n) is 3.67. The predicted molar refractivity (Wildman–Crippen MR) is 85.3 cm³/mol.